The van der Waals surface area contributed by atoms with Gasteiger partial charge in [0.05, 0.1) is 11.4 Å². The van der Waals surface area contributed by atoms with E-state index in [1.165, 1.54) is 29.8 Å². The smallest absolute Gasteiger partial charge is 0.0610 e. The lowest BCUT2D eigenvalue weighted by molar-refractivity contribution is 0.234. The van der Waals surface area contributed by atoms with Crippen LogP contribution >= 0.6 is 0 Å². The van der Waals surface area contributed by atoms with E-state index in [0.717, 1.165) is 26.2 Å². The van der Waals surface area contributed by atoms with Crippen molar-refractivity contribution in [2.75, 3.05) is 43.4 Å². The molecule has 1 saturated heterocycles. The summed E-state index contributed by atoms with van der Waals surface area (Å²) in [5, 5.41) is 3.60. The van der Waals surface area contributed by atoms with E-state index in [-0.39, 0.29) is 0 Å². The Morgan fingerprint density at radius 3 is 3.00 bits per heavy atom. The molecule has 2 aliphatic heterocycles. The highest BCUT2D eigenvalue weighted by Crippen LogP contribution is 2.33. The fraction of sp³-hybridized carbons (Fsp3) is 0.600. The Hall–Kier alpha value is -1.22. The second-order valence-electron chi connectivity index (χ2n) is 5.62. The summed E-state index contributed by atoms with van der Waals surface area (Å²) in [7, 11) is 2.22. The van der Waals surface area contributed by atoms with Crippen molar-refractivity contribution in [3.05, 3.63) is 23.8 Å². The van der Waals surface area contributed by atoms with Crippen molar-refractivity contribution in [3.8, 4) is 0 Å². The van der Waals surface area contributed by atoms with E-state index in [0.29, 0.717) is 6.04 Å². The van der Waals surface area contributed by atoms with Crippen LogP contribution < -0.4 is 10.2 Å². The zero-order chi connectivity index (χ0) is 12.5. The molecule has 3 nitrogen and oxygen atoms in total. The third-order valence-corrected chi connectivity index (χ3v) is 4.35. The predicted octanol–water partition coefficient (Wildman–Crippen LogP) is 2.18. The van der Waals surface area contributed by atoms with E-state index >= 15 is 0 Å². The zero-order valence-electron chi connectivity index (χ0n) is 11.4. The third kappa shape index (κ3) is 2.07. The van der Waals surface area contributed by atoms with E-state index in [2.05, 4.69) is 47.3 Å². The van der Waals surface area contributed by atoms with Gasteiger partial charge in [0.25, 0.3) is 0 Å². The molecule has 0 radical (unpaired) electrons. The lowest BCUT2D eigenvalue weighted by Crippen LogP contribution is -2.50. The molecule has 0 saturated carbocycles. The number of anilines is 2. The van der Waals surface area contributed by atoms with Crippen molar-refractivity contribution < 1.29 is 0 Å². The number of hydrogen-bond acceptors (Lipinski definition) is 3. The van der Waals surface area contributed by atoms with Crippen molar-refractivity contribution in [3.63, 3.8) is 0 Å². The van der Waals surface area contributed by atoms with Crippen molar-refractivity contribution in [2.24, 2.45) is 0 Å². The molecule has 3 heteroatoms. The average Bonchev–Trinajstić information content (AvgIpc) is 2.41. The Bertz CT molecular complexity index is 430. The van der Waals surface area contributed by atoms with Crippen LogP contribution in [0.15, 0.2) is 18.2 Å². The minimum atomic E-state index is 0.637. The van der Waals surface area contributed by atoms with E-state index in [1.54, 1.807) is 0 Å². The fourth-order valence-corrected chi connectivity index (χ4v) is 3.02. The van der Waals surface area contributed by atoms with Gasteiger partial charge >= 0.3 is 0 Å². The molecule has 98 valence electrons. The first-order valence-electron chi connectivity index (χ1n) is 7.06. The maximum Gasteiger partial charge on any atom is 0.0610 e. The first-order valence-corrected chi connectivity index (χ1v) is 7.06. The van der Waals surface area contributed by atoms with Crippen LogP contribution in [0.3, 0.4) is 0 Å². The van der Waals surface area contributed by atoms with Gasteiger partial charge < -0.3 is 15.1 Å². The van der Waals surface area contributed by atoms with Gasteiger partial charge in [-0.25, -0.2) is 0 Å². The summed E-state index contributed by atoms with van der Waals surface area (Å²) in [5.41, 5.74) is 4.29. The van der Waals surface area contributed by atoms with Crippen LogP contribution in [0.2, 0.25) is 0 Å². The summed E-state index contributed by atoms with van der Waals surface area (Å²) in [5.74, 6) is 0. The Kier molecular flexibility index (Phi) is 3.16. The summed E-state index contributed by atoms with van der Waals surface area (Å²) in [4.78, 5) is 4.99. The summed E-state index contributed by atoms with van der Waals surface area (Å²) < 4.78 is 0. The van der Waals surface area contributed by atoms with Gasteiger partial charge in [-0.1, -0.05) is 12.1 Å². The molecule has 0 amide bonds. The summed E-state index contributed by atoms with van der Waals surface area (Å²) in [6, 6.07) is 7.39. The van der Waals surface area contributed by atoms with E-state index in [9.17, 15) is 0 Å². The number of fused-ring (bicyclic) bond motifs is 1. The monoisotopic (exact) mass is 245 g/mol. The molecule has 1 aromatic rings. The average molecular weight is 245 g/mol. The largest absolute Gasteiger partial charge is 0.383 e. The van der Waals surface area contributed by atoms with Gasteiger partial charge in [0.2, 0.25) is 0 Å². The molecule has 0 aromatic heterocycles. The third-order valence-electron chi connectivity index (χ3n) is 4.35. The molecule has 1 atom stereocenters. The number of nitrogens with one attached hydrogen (secondary N) is 1. The predicted molar refractivity (Wildman–Crippen MR) is 77.6 cm³/mol. The Labute approximate surface area is 110 Å². The minimum Gasteiger partial charge on any atom is -0.383 e. The molecular weight excluding hydrogens is 222 g/mol. The lowest BCUT2D eigenvalue weighted by Gasteiger charge is -2.40. The highest BCUT2D eigenvalue weighted by molar-refractivity contribution is 5.74. The number of aryl methyl sites for hydroxylation is 1. The maximum absolute atomic E-state index is 3.60. The Morgan fingerprint density at radius 2 is 2.17 bits per heavy atom. The highest BCUT2D eigenvalue weighted by atomic mass is 15.3. The van der Waals surface area contributed by atoms with Gasteiger partial charge in [0.1, 0.15) is 0 Å². The Balaban J connectivity index is 1.88. The van der Waals surface area contributed by atoms with Crippen LogP contribution in [0.1, 0.15) is 18.9 Å². The van der Waals surface area contributed by atoms with Gasteiger partial charge in [-0.3, -0.25) is 0 Å². The molecule has 0 aliphatic carbocycles. The van der Waals surface area contributed by atoms with E-state index in [4.69, 9.17) is 0 Å². The summed E-state index contributed by atoms with van der Waals surface area (Å²) in [6.07, 6.45) is 2.48. The number of nitrogens with zero attached hydrogens (tertiary/aromatic N) is 2. The van der Waals surface area contributed by atoms with Crippen LogP contribution in [-0.2, 0) is 6.42 Å². The van der Waals surface area contributed by atoms with Crippen LogP contribution in [0.5, 0.6) is 0 Å². The van der Waals surface area contributed by atoms with Crippen LogP contribution in [0.25, 0.3) is 0 Å². The highest BCUT2D eigenvalue weighted by Gasteiger charge is 2.23. The summed E-state index contributed by atoms with van der Waals surface area (Å²) >= 11 is 0. The van der Waals surface area contributed by atoms with E-state index in [1.807, 2.05) is 0 Å². The minimum absolute atomic E-state index is 0.637. The standard InChI is InChI=1S/C15H23N3/c1-12-11-18(10-9-17(12)2)14-7-3-5-13-6-4-8-16-15(13)14/h3,5,7,12,16H,4,6,8-11H2,1-2H3. The zero-order valence-corrected chi connectivity index (χ0v) is 11.4. The SMILES string of the molecule is CC1CN(c2cccc3c2NCCC3)CCN1C. The van der Waals surface area contributed by atoms with Crippen LogP contribution in [0, 0.1) is 0 Å². The van der Waals surface area contributed by atoms with Crippen molar-refractivity contribution >= 4 is 11.4 Å². The van der Waals surface area contributed by atoms with Crippen molar-refractivity contribution in [1.29, 1.82) is 0 Å². The molecule has 1 aromatic carbocycles. The molecule has 1 N–H and O–H groups in total. The Morgan fingerprint density at radius 1 is 1.28 bits per heavy atom. The quantitative estimate of drug-likeness (QED) is 0.818. The molecule has 0 bridgehead atoms. The number of benzene rings is 1. The first kappa shape index (κ1) is 11.8. The second kappa shape index (κ2) is 4.81. The lowest BCUT2D eigenvalue weighted by atomic mass is 10.0. The van der Waals surface area contributed by atoms with Crippen molar-refractivity contribution in [2.45, 2.75) is 25.8 Å². The number of rotatable bonds is 1. The van der Waals surface area contributed by atoms with Gasteiger partial charge in [-0.05, 0) is 38.4 Å². The van der Waals surface area contributed by atoms with Gasteiger partial charge in [-0.2, -0.15) is 0 Å². The molecule has 1 fully saturated rings. The normalized spacial score (nSPS) is 24.6. The molecule has 1 unspecified atom stereocenters. The fourth-order valence-electron chi connectivity index (χ4n) is 3.02. The van der Waals surface area contributed by atoms with Crippen molar-refractivity contribution in [1.82, 2.24) is 4.90 Å². The van der Waals surface area contributed by atoms with E-state index < -0.39 is 0 Å². The van der Waals surface area contributed by atoms with Crippen LogP contribution in [0.4, 0.5) is 11.4 Å². The topological polar surface area (TPSA) is 18.5 Å². The number of hydrogen-bond donors (Lipinski definition) is 1. The molecule has 0 spiro atoms. The van der Waals surface area contributed by atoms with Crippen LogP contribution in [-0.4, -0.2) is 44.2 Å². The van der Waals surface area contributed by atoms with Gasteiger partial charge in [0, 0.05) is 32.2 Å². The first-order chi connectivity index (χ1) is 8.75. The molecule has 2 aliphatic rings. The number of para-hydroxylation sites is 1. The second-order valence-corrected chi connectivity index (χ2v) is 5.62. The molecule has 2 heterocycles. The number of piperazine rings is 1. The molecular formula is C15H23N3. The van der Waals surface area contributed by atoms with Gasteiger partial charge in [0.15, 0.2) is 0 Å². The summed E-state index contributed by atoms with van der Waals surface area (Å²) in [6.45, 7) is 6.86. The molecule has 3 rings (SSSR count). The maximum atomic E-state index is 3.60. The molecule has 18 heavy (non-hydrogen) atoms. The number of likely N-dealkylation sites (N-methyl/N-ethyl adjacent to an activating group) is 1. The van der Waals surface area contributed by atoms with Gasteiger partial charge in [-0.15, -0.1) is 0 Å².